The zero-order chi connectivity index (χ0) is 24.2. The number of nitrogens with zero attached hydrogens (tertiary/aromatic N) is 2. The van der Waals surface area contributed by atoms with Crippen LogP contribution in [0.15, 0.2) is 109 Å². The monoisotopic (exact) mass is 461 g/mol. The molecular formula is C31H29N2O2+. The number of ether oxygens (including phenoxy) is 2. The first-order valence-corrected chi connectivity index (χ1v) is 11.7. The molecule has 174 valence electrons. The molecule has 5 aromatic rings. The minimum atomic E-state index is 0.791. The van der Waals surface area contributed by atoms with Gasteiger partial charge in [0.05, 0.1) is 14.2 Å². The van der Waals surface area contributed by atoms with Crippen molar-refractivity contribution < 1.29 is 14.0 Å². The van der Waals surface area contributed by atoms with Crippen LogP contribution in [-0.2, 0) is 6.42 Å². The third kappa shape index (κ3) is 4.69. The fourth-order valence-corrected chi connectivity index (χ4v) is 4.38. The van der Waals surface area contributed by atoms with Crippen molar-refractivity contribution in [2.24, 2.45) is 0 Å². The molecule has 0 aliphatic rings. The summed E-state index contributed by atoms with van der Waals surface area (Å²) in [6.45, 7) is 2.12. The fraction of sp³-hybridized carbons (Fsp3) is 0.129. The van der Waals surface area contributed by atoms with Crippen LogP contribution < -0.4 is 14.0 Å². The number of hydrogen-bond donors (Lipinski definition) is 0. The van der Waals surface area contributed by atoms with Crippen molar-refractivity contribution in [2.75, 3.05) is 14.2 Å². The van der Waals surface area contributed by atoms with E-state index in [4.69, 9.17) is 9.47 Å². The summed E-state index contributed by atoms with van der Waals surface area (Å²) in [6, 6.07) is 35.8. The van der Waals surface area contributed by atoms with E-state index in [9.17, 15) is 0 Å². The van der Waals surface area contributed by atoms with Gasteiger partial charge in [0.2, 0.25) is 0 Å². The van der Waals surface area contributed by atoms with E-state index in [2.05, 4.69) is 101 Å². The lowest BCUT2D eigenvalue weighted by Crippen LogP contribution is -2.31. The molecule has 0 fully saturated rings. The van der Waals surface area contributed by atoms with Gasteiger partial charge in [-0.15, -0.1) is 0 Å². The minimum absolute atomic E-state index is 0.791. The maximum absolute atomic E-state index is 5.41. The third-order valence-electron chi connectivity index (χ3n) is 6.28. The average molecular weight is 462 g/mol. The van der Waals surface area contributed by atoms with Crippen LogP contribution in [0.5, 0.6) is 11.5 Å². The van der Waals surface area contributed by atoms with Gasteiger partial charge in [-0.1, -0.05) is 60.2 Å². The van der Waals surface area contributed by atoms with Crippen molar-refractivity contribution in [1.29, 1.82) is 0 Å². The van der Waals surface area contributed by atoms with Gasteiger partial charge in [-0.05, 0) is 61.0 Å². The number of rotatable bonds is 7. The van der Waals surface area contributed by atoms with Crippen LogP contribution in [-0.4, -0.2) is 18.8 Å². The van der Waals surface area contributed by atoms with Gasteiger partial charge in [0.15, 0.2) is 11.4 Å². The molecule has 4 nitrogen and oxygen atoms in total. The number of aryl methyl sites for hydroxylation is 1. The van der Waals surface area contributed by atoms with Crippen LogP contribution in [0.1, 0.15) is 16.8 Å². The molecule has 0 N–H and O–H groups in total. The lowest BCUT2D eigenvalue weighted by Gasteiger charge is -2.08. The van der Waals surface area contributed by atoms with Crippen LogP contribution in [0, 0.1) is 6.92 Å². The van der Waals surface area contributed by atoms with Crippen LogP contribution in [0.4, 0.5) is 0 Å². The Morgan fingerprint density at radius 2 is 1.29 bits per heavy atom. The SMILES string of the molecule is COc1ccc(-n2c[n+](-c3ccc(OC)cc3)c(-c3ccc(C)cc3)c2Cc2ccccc2)cc1. The second-order valence-electron chi connectivity index (χ2n) is 8.58. The van der Waals surface area contributed by atoms with Crippen LogP contribution in [0.2, 0.25) is 0 Å². The molecule has 0 atom stereocenters. The Balaban J connectivity index is 1.76. The Morgan fingerprint density at radius 3 is 1.89 bits per heavy atom. The quantitative estimate of drug-likeness (QED) is 0.265. The van der Waals surface area contributed by atoms with Gasteiger partial charge in [0.1, 0.15) is 22.9 Å². The minimum Gasteiger partial charge on any atom is -0.497 e. The molecule has 4 heteroatoms. The maximum Gasteiger partial charge on any atom is 0.254 e. The molecular weight excluding hydrogens is 432 g/mol. The highest BCUT2D eigenvalue weighted by Gasteiger charge is 2.27. The van der Waals surface area contributed by atoms with Gasteiger partial charge in [-0.25, -0.2) is 0 Å². The van der Waals surface area contributed by atoms with Gasteiger partial charge in [0.25, 0.3) is 6.33 Å². The molecule has 0 amide bonds. The molecule has 4 aromatic carbocycles. The van der Waals surface area contributed by atoms with E-state index in [1.807, 2.05) is 24.3 Å². The van der Waals surface area contributed by atoms with Crippen molar-refractivity contribution >= 4 is 0 Å². The highest BCUT2D eigenvalue weighted by molar-refractivity contribution is 5.62. The first-order valence-electron chi connectivity index (χ1n) is 11.7. The molecule has 0 saturated heterocycles. The predicted octanol–water partition coefficient (Wildman–Crippen LogP) is 6.34. The van der Waals surface area contributed by atoms with Crippen LogP contribution in [0.25, 0.3) is 22.6 Å². The summed E-state index contributed by atoms with van der Waals surface area (Å²) in [4.78, 5) is 0. The van der Waals surface area contributed by atoms with Gasteiger partial charge >= 0.3 is 0 Å². The van der Waals surface area contributed by atoms with Gasteiger partial charge < -0.3 is 9.47 Å². The van der Waals surface area contributed by atoms with Crippen molar-refractivity contribution in [3.63, 3.8) is 0 Å². The number of methoxy groups -OCH3 is 2. The predicted molar refractivity (Wildman–Crippen MR) is 140 cm³/mol. The molecule has 35 heavy (non-hydrogen) atoms. The summed E-state index contributed by atoms with van der Waals surface area (Å²) in [5, 5.41) is 0. The standard InChI is InChI=1S/C31H29N2O2/c1-23-9-11-25(12-10-23)31-30(21-24-7-5-4-6-8-24)32(26-13-17-28(34-2)18-14-26)22-33(31)27-15-19-29(35-3)20-16-27/h4-20,22H,21H2,1-3H3/q+1. The number of imidazole rings is 1. The second-order valence-corrected chi connectivity index (χ2v) is 8.58. The zero-order valence-electron chi connectivity index (χ0n) is 20.3. The Bertz CT molecular complexity index is 1400. The normalized spacial score (nSPS) is 10.8. The van der Waals surface area contributed by atoms with Crippen molar-refractivity contribution in [1.82, 2.24) is 4.57 Å². The molecule has 5 rings (SSSR count). The lowest BCUT2D eigenvalue weighted by atomic mass is 10.0. The largest absolute Gasteiger partial charge is 0.497 e. The molecule has 0 unspecified atom stereocenters. The highest BCUT2D eigenvalue weighted by atomic mass is 16.5. The van der Waals surface area contributed by atoms with Gasteiger partial charge in [0, 0.05) is 12.0 Å². The Hall–Kier alpha value is -4.31. The van der Waals surface area contributed by atoms with E-state index in [1.165, 1.54) is 22.4 Å². The smallest absolute Gasteiger partial charge is 0.254 e. The van der Waals surface area contributed by atoms with E-state index in [0.717, 1.165) is 35.0 Å². The molecule has 1 heterocycles. The highest BCUT2D eigenvalue weighted by Crippen LogP contribution is 2.29. The topological polar surface area (TPSA) is 27.3 Å². The van der Waals surface area contributed by atoms with E-state index < -0.39 is 0 Å². The van der Waals surface area contributed by atoms with Crippen LogP contribution >= 0.6 is 0 Å². The Labute approximate surface area is 206 Å². The van der Waals surface area contributed by atoms with Gasteiger partial charge in [-0.2, -0.15) is 9.13 Å². The summed E-state index contributed by atoms with van der Waals surface area (Å²) in [5.74, 6) is 1.68. The lowest BCUT2D eigenvalue weighted by molar-refractivity contribution is -0.583. The molecule has 0 bridgehead atoms. The fourth-order valence-electron chi connectivity index (χ4n) is 4.38. The van der Waals surface area contributed by atoms with Crippen LogP contribution in [0.3, 0.4) is 0 Å². The first kappa shape index (κ1) is 22.5. The summed E-state index contributed by atoms with van der Waals surface area (Å²) in [6.07, 6.45) is 2.97. The molecule has 0 spiro atoms. The average Bonchev–Trinajstić information content (AvgIpc) is 3.28. The number of hydrogen-bond acceptors (Lipinski definition) is 2. The molecule has 1 aromatic heterocycles. The van der Waals surface area contributed by atoms with Crippen molar-refractivity contribution in [3.8, 4) is 34.1 Å². The Kier molecular flexibility index (Phi) is 6.36. The van der Waals surface area contributed by atoms with E-state index >= 15 is 0 Å². The number of benzene rings is 4. The van der Waals surface area contributed by atoms with E-state index in [0.29, 0.717) is 0 Å². The zero-order valence-corrected chi connectivity index (χ0v) is 20.3. The van der Waals surface area contributed by atoms with E-state index in [-0.39, 0.29) is 0 Å². The second kappa shape index (κ2) is 9.90. The molecule has 0 saturated carbocycles. The molecule has 0 radical (unpaired) electrons. The maximum atomic E-state index is 5.41. The Morgan fingerprint density at radius 1 is 0.686 bits per heavy atom. The molecule has 0 aliphatic carbocycles. The molecule has 0 aliphatic heterocycles. The first-order chi connectivity index (χ1) is 17.2. The third-order valence-corrected chi connectivity index (χ3v) is 6.28. The summed E-state index contributed by atoms with van der Waals surface area (Å²) >= 11 is 0. The number of aromatic nitrogens is 2. The van der Waals surface area contributed by atoms with Crippen molar-refractivity contribution in [2.45, 2.75) is 13.3 Å². The summed E-state index contributed by atoms with van der Waals surface area (Å²) < 4.78 is 15.4. The summed E-state index contributed by atoms with van der Waals surface area (Å²) in [7, 11) is 3.39. The van der Waals surface area contributed by atoms with E-state index in [1.54, 1.807) is 14.2 Å². The van der Waals surface area contributed by atoms with Crippen molar-refractivity contribution in [3.05, 3.63) is 126 Å². The van der Waals surface area contributed by atoms with Gasteiger partial charge in [-0.3, -0.25) is 0 Å². The summed E-state index contributed by atoms with van der Waals surface area (Å²) in [5.41, 5.74) is 8.19.